The summed E-state index contributed by atoms with van der Waals surface area (Å²) in [5.74, 6) is 0. The molecular weight excluding hydrogens is 186 g/mol. The van der Waals surface area contributed by atoms with Gasteiger partial charge in [0.1, 0.15) is 0 Å². The van der Waals surface area contributed by atoms with Crippen molar-refractivity contribution in [2.24, 2.45) is 5.41 Å². The zero-order valence-electron chi connectivity index (χ0n) is 8.35. The monoisotopic (exact) mass is 199 g/mol. The summed E-state index contributed by atoms with van der Waals surface area (Å²) in [7, 11) is 0. The summed E-state index contributed by atoms with van der Waals surface area (Å²) in [5.41, 5.74) is 2.00. The predicted molar refractivity (Wildman–Crippen MR) is 60.0 cm³/mol. The molecule has 3 rings (SSSR count). The molecule has 0 saturated carbocycles. The van der Waals surface area contributed by atoms with Gasteiger partial charge in [-0.1, -0.05) is 42.5 Å². The normalized spacial score (nSPS) is 36.2. The molecule has 3 aliphatic rings. The van der Waals surface area contributed by atoms with Crippen LogP contribution in [0.15, 0.2) is 59.9 Å². The molecule has 2 nitrogen and oxygen atoms in total. The second-order valence-corrected chi connectivity index (χ2v) is 4.09. The van der Waals surface area contributed by atoms with E-state index in [-0.39, 0.29) is 5.41 Å². The third-order valence-corrected chi connectivity index (χ3v) is 3.35. The largest absolute Gasteiger partial charge is 0.390 e. The smallest absolute Gasteiger partial charge is 0.0884 e. The summed E-state index contributed by atoms with van der Waals surface area (Å²) in [6.07, 6.45) is 16.0. The molecule has 2 atom stereocenters. The van der Waals surface area contributed by atoms with E-state index in [1.54, 1.807) is 0 Å². The van der Waals surface area contributed by atoms with E-state index in [0.29, 0.717) is 6.54 Å². The minimum Gasteiger partial charge on any atom is -0.390 e. The molecule has 1 heterocycles. The fraction of sp³-hybridized carbons (Fsp3) is 0.231. The van der Waals surface area contributed by atoms with Gasteiger partial charge in [-0.15, -0.1) is 0 Å². The molecule has 15 heavy (non-hydrogen) atoms. The Kier molecular flexibility index (Phi) is 1.73. The van der Waals surface area contributed by atoms with Crippen LogP contribution in [0.2, 0.25) is 0 Å². The minimum absolute atomic E-state index is 0.311. The Balaban J connectivity index is 2.23. The van der Waals surface area contributed by atoms with Crippen LogP contribution in [-0.2, 0) is 0 Å². The first-order chi connectivity index (χ1) is 7.34. The summed E-state index contributed by atoms with van der Waals surface area (Å²) in [5, 5.41) is 13.3. The van der Waals surface area contributed by atoms with Crippen molar-refractivity contribution in [3.63, 3.8) is 0 Å². The molecule has 1 aliphatic heterocycles. The van der Waals surface area contributed by atoms with Gasteiger partial charge in [-0.2, -0.15) is 0 Å². The first kappa shape index (κ1) is 8.74. The lowest BCUT2D eigenvalue weighted by Gasteiger charge is -2.43. The SMILES string of the molecule is OC1CNC=C2C=CC=C3C=CC=CC321. The molecule has 0 aromatic carbocycles. The number of hydrogen-bond acceptors (Lipinski definition) is 2. The average Bonchev–Trinajstić information content (AvgIpc) is 2.28. The Labute approximate surface area is 89.0 Å². The van der Waals surface area contributed by atoms with Crippen molar-refractivity contribution in [1.82, 2.24) is 5.32 Å². The number of allylic oxidation sites excluding steroid dienone is 6. The van der Waals surface area contributed by atoms with Gasteiger partial charge in [-0.05, 0) is 11.1 Å². The number of β-amino-alcohol motifs (C(OH)–C–C–N with tert-alkyl or cyclic N) is 1. The lowest BCUT2D eigenvalue weighted by Crippen LogP contribution is -2.47. The number of rotatable bonds is 0. The van der Waals surface area contributed by atoms with Crippen molar-refractivity contribution in [3.05, 3.63) is 59.9 Å². The number of aliphatic hydroxyl groups is 1. The fourth-order valence-corrected chi connectivity index (χ4v) is 2.56. The summed E-state index contributed by atoms with van der Waals surface area (Å²) in [6.45, 7) is 0.604. The molecule has 0 aromatic rings. The molecule has 2 aliphatic carbocycles. The van der Waals surface area contributed by atoms with E-state index in [0.717, 1.165) is 5.57 Å². The highest BCUT2D eigenvalue weighted by Gasteiger charge is 2.44. The molecule has 0 amide bonds. The van der Waals surface area contributed by atoms with E-state index in [2.05, 4.69) is 29.6 Å². The Morgan fingerprint density at radius 3 is 3.00 bits per heavy atom. The van der Waals surface area contributed by atoms with Crippen molar-refractivity contribution >= 4 is 0 Å². The van der Waals surface area contributed by atoms with Gasteiger partial charge in [0.05, 0.1) is 11.5 Å². The van der Waals surface area contributed by atoms with Crippen LogP contribution in [0.1, 0.15) is 0 Å². The van der Waals surface area contributed by atoms with Crippen molar-refractivity contribution in [1.29, 1.82) is 0 Å². The van der Waals surface area contributed by atoms with E-state index in [4.69, 9.17) is 0 Å². The van der Waals surface area contributed by atoms with Gasteiger partial charge >= 0.3 is 0 Å². The maximum atomic E-state index is 10.2. The highest BCUT2D eigenvalue weighted by molar-refractivity contribution is 5.56. The molecule has 0 bridgehead atoms. The molecule has 2 N–H and O–H groups in total. The minimum atomic E-state index is -0.394. The Morgan fingerprint density at radius 1 is 1.20 bits per heavy atom. The van der Waals surface area contributed by atoms with Gasteiger partial charge in [0.15, 0.2) is 0 Å². The van der Waals surface area contributed by atoms with E-state index in [9.17, 15) is 5.11 Å². The molecular formula is C13H13NO. The number of hydrogen-bond donors (Lipinski definition) is 2. The Hall–Kier alpha value is -1.54. The van der Waals surface area contributed by atoms with Crippen LogP contribution in [0.3, 0.4) is 0 Å². The zero-order chi connectivity index (χ0) is 10.3. The Morgan fingerprint density at radius 2 is 2.07 bits per heavy atom. The second kappa shape index (κ2) is 2.97. The topological polar surface area (TPSA) is 32.3 Å². The van der Waals surface area contributed by atoms with Gasteiger partial charge in [-0.25, -0.2) is 0 Å². The number of aliphatic hydroxyl groups excluding tert-OH is 1. The first-order valence-corrected chi connectivity index (χ1v) is 5.21. The van der Waals surface area contributed by atoms with Crippen LogP contribution in [0.25, 0.3) is 0 Å². The molecule has 1 spiro atoms. The molecule has 0 fully saturated rings. The predicted octanol–water partition coefficient (Wildman–Crippen LogP) is 1.44. The molecule has 0 saturated heterocycles. The summed E-state index contributed by atoms with van der Waals surface area (Å²) in [4.78, 5) is 0. The van der Waals surface area contributed by atoms with E-state index in [1.807, 2.05) is 24.4 Å². The van der Waals surface area contributed by atoms with Crippen LogP contribution in [0, 0.1) is 5.41 Å². The van der Waals surface area contributed by atoms with Gasteiger partial charge in [0.25, 0.3) is 0 Å². The van der Waals surface area contributed by atoms with E-state index in [1.165, 1.54) is 5.57 Å². The van der Waals surface area contributed by atoms with Crippen LogP contribution in [0.4, 0.5) is 0 Å². The van der Waals surface area contributed by atoms with Crippen molar-refractivity contribution in [3.8, 4) is 0 Å². The van der Waals surface area contributed by atoms with Crippen LogP contribution in [0.5, 0.6) is 0 Å². The second-order valence-electron chi connectivity index (χ2n) is 4.09. The van der Waals surface area contributed by atoms with Crippen molar-refractivity contribution in [2.75, 3.05) is 6.54 Å². The fourth-order valence-electron chi connectivity index (χ4n) is 2.56. The van der Waals surface area contributed by atoms with Gasteiger partial charge in [0, 0.05) is 12.7 Å². The zero-order valence-corrected chi connectivity index (χ0v) is 8.35. The maximum absolute atomic E-state index is 10.2. The third-order valence-electron chi connectivity index (χ3n) is 3.35. The average molecular weight is 199 g/mol. The number of nitrogens with one attached hydrogen (secondary N) is 1. The molecule has 2 heteroatoms. The molecule has 76 valence electrons. The molecule has 0 radical (unpaired) electrons. The van der Waals surface area contributed by atoms with Crippen molar-refractivity contribution < 1.29 is 5.11 Å². The molecule has 0 aromatic heterocycles. The van der Waals surface area contributed by atoms with Crippen LogP contribution < -0.4 is 5.32 Å². The van der Waals surface area contributed by atoms with Crippen LogP contribution in [-0.4, -0.2) is 17.8 Å². The lowest BCUT2D eigenvalue weighted by atomic mass is 9.65. The standard InChI is InChI=1S/C13H13NO/c15-12-9-14-8-11-6-3-5-10-4-1-2-7-13(10,11)12/h1-8,12,14-15H,9H2. The first-order valence-electron chi connectivity index (χ1n) is 5.21. The van der Waals surface area contributed by atoms with Gasteiger partial charge in [0.2, 0.25) is 0 Å². The van der Waals surface area contributed by atoms with Gasteiger partial charge < -0.3 is 10.4 Å². The lowest BCUT2D eigenvalue weighted by molar-refractivity contribution is 0.0995. The van der Waals surface area contributed by atoms with Gasteiger partial charge in [-0.3, -0.25) is 0 Å². The summed E-state index contributed by atoms with van der Waals surface area (Å²) in [6, 6.07) is 0. The van der Waals surface area contributed by atoms with E-state index >= 15 is 0 Å². The maximum Gasteiger partial charge on any atom is 0.0884 e. The highest BCUT2D eigenvalue weighted by atomic mass is 16.3. The summed E-state index contributed by atoms with van der Waals surface area (Å²) < 4.78 is 0. The third kappa shape index (κ3) is 1.03. The van der Waals surface area contributed by atoms with Crippen molar-refractivity contribution in [2.45, 2.75) is 6.10 Å². The van der Waals surface area contributed by atoms with Crippen LogP contribution >= 0.6 is 0 Å². The highest BCUT2D eigenvalue weighted by Crippen LogP contribution is 2.46. The quantitative estimate of drug-likeness (QED) is 0.618. The van der Waals surface area contributed by atoms with E-state index < -0.39 is 6.10 Å². The molecule has 2 unspecified atom stereocenters. The Bertz CT molecular complexity index is 439. The summed E-state index contributed by atoms with van der Waals surface area (Å²) >= 11 is 0.